The Morgan fingerprint density at radius 3 is 2.27 bits per heavy atom. The molecule has 0 atom stereocenters. The molecule has 2 aromatic carbocycles. The number of nitrogens with zero attached hydrogens (tertiary/aromatic N) is 1. The van der Waals surface area contributed by atoms with Crippen molar-refractivity contribution in [1.82, 2.24) is 5.43 Å². The van der Waals surface area contributed by atoms with E-state index in [4.69, 9.17) is 22.1 Å². The number of amides is 2. The van der Waals surface area contributed by atoms with Gasteiger partial charge in [-0.05, 0) is 24.3 Å². The Hall–Kier alpha value is -2.86. The first-order valence-corrected chi connectivity index (χ1v) is 6.60. The number of carbonyl (C=O) groups is 2. The number of ether oxygens (including phenoxy) is 1. The molecule has 0 bridgehead atoms. The van der Waals surface area contributed by atoms with Crippen LogP contribution >= 0.6 is 11.6 Å². The van der Waals surface area contributed by atoms with Gasteiger partial charge < -0.3 is 10.5 Å². The van der Waals surface area contributed by atoms with E-state index in [1.54, 1.807) is 54.6 Å². The van der Waals surface area contributed by atoms with Crippen molar-refractivity contribution in [1.29, 1.82) is 0 Å². The predicted octanol–water partition coefficient (Wildman–Crippen LogP) is 2.58. The molecule has 0 aliphatic heterocycles. The van der Waals surface area contributed by atoms with E-state index >= 15 is 0 Å². The second kappa shape index (κ2) is 7.24. The van der Waals surface area contributed by atoms with E-state index in [9.17, 15) is 9.59 Å². The molecule has 0 saturated heterocycles. The van der Waals surface area contributed by atoms with Gasteiger partial charge in [0, 0.05) is 10.6 Å². The topological polar surface area (TPSA) is 93.8 Å². The minimum absolute atomic E-state index is 0.313. The van der Waals surface area contributed by atoms with Gasteiger partial charge in [-0.3, -0.25) is 4.79 Å². The number of rotatable bonds is 4. The monoisotopic (exact) mass is 317 g/mol. The Labute approximate surface area is 131 Å². The van der Waals surface area contributed by atoms with Crippen molar-refractivity contribution < 1.29 is 14.3 Å². The molecular formula is C15H12ClN3O3. The second-order valence-electron chi connectivity index (χ2n) is 4.14. The van der Waals surface area contributed by atoms with Crippen molar-refractivity contribution in [2.75, 3.05) is 0 Å². The van der Waals surface area contributed by atoms with Crippen molar-refractivity contribution >= 4 is 29.3 Å². The third-order valence-electron chi connectivity index (χ3n) is 2.53. The lowest BCUT2D eigenvalue weighted by Gasteiger charge is -2.08. The summed E-state index contributed by atoms with van der Waals surface area (Å²) in [6.07, 6.45) is 0. The van der Waals surface area contributed by atoms with Gasteiger partial charge >= 0.3 is 6.03 Å². The number of halogens is 1. The third kappa shape index (κ3) is 4.32. The number of urea groups is 1. The molecule has 6 nitrogen and oxygen atoms in total. The molecule has 0 unspecified atom stereocenters. The molecule has 0 aliphatic carbocycles. The highest BCUT2D eigenvalue weighted by atomic mass is 35.5. The summed E-state index contributed by atoms with van der Waals surface area (Å²) in [5, 5.41) is 4.13. The fourth-order valence-electron chi connectivity index (χ4n) is 1.55. The van der Waals surface area contributed by atoms with Gasteiger partial charge in [0.15, 0.2) is 0 Å². The maximum absolute atomic E-state index is 12.4. The molecule has 0 aliphatic rings. The highest BCUT2D eigenvalue weighted by Crippen LogP contribution is 2.16. The highest BCUT2D eigenvalue weighted by Gasteiger charge is 2.17. The van der Waals surface area contributed by atoms with Gasteiger partial charge in [0.25, 0.3) is 5.90 Å². The molecular weight excluding hydrogens is 306 g/mol. The molecule has 112 valence electrons. The van der Waals surface area contributed by atoms with Crippen LogP contribution in [0.5, 0.6) is 5.75 Å². The van der Waals surface area contributed by atoms with Crippen LogP contribution in [0.3, 0.4) is 0 Å². The van der Waals surface area contributed by atoms with Crippen LogP contribution in [-0.2, 0) is 0 Å². The number of hydrazone groups is 1. The SMILES string of the molecule is NC(=O)NN=C(Oc1ccc(Cl)cc1)C(=O)c1ccccc1. The number of hydrogen-bond donors (Lipinski definition) is 2. The smallest absolute Gasteiger partial charge is 0.332 e. The summed E-state index contributed by atoms with van der Waals surface area (Å²) in [4.78, 5) is 23.1. The molecule has 0 fully saturated rings. The van der Waals surface area contributed by atoms with Crippen molar-refractivity contribution in [3.05, 3.63) is 65.2 Å². The van der Waals surface area contributed by atoms with E-state index in [2.05, 4.69) is 5.10 Å². The van der Waals surface area contributed by atoms with Crippen LogP contribution in [0.15, 0.2) is 59.7 Å². The van der Waals surface area contributed by atoms with E-state index in [1.807, 2.05) is 5.43 Å². The molecule has 2 amide bonds. The summed E-state index contributed by atoms with van der Waals surface area (Å²) in [6.45, 7) is 0. The van der Waals surface area contributed by atoms with Crippen LogP contribution < -0.4 is 15.9 Å². The third-order valence-corrected chi connectivity index (χ3v) is 2.78. The first-order valence-electron chi connectivity index (χ1n) is 6.22. The number of nitrogens with one attached hydrogen (secondary N) is 1. The van der Waals surface area contributed by atoms with Crippen molar-refractivity contribution in [3.8, 4) is 5.75 Å². The van der Waals surface area contributed by atoms with Gasteiger partial charge in [0.05, 0.1) is 0 Å². The van der Waals surface area contributed by atoms with Crippen LogP contribution in [-0.4, -0.2) is 17.7 Å². The largest absolute Gasteiger partial charge is 0.435 e. The Bertz CT molecular complexity index is 700. The Kier molecular flexibility index (Phi) is 5.11. The highest BCUT2D eigenvalue weighted by molar-refractivity contribution is 6.43. The lowest BCUT2D eigenvalue weighted by atomic mass is 10.1. The maximum atomic E-state index is 12.4. The zero-order valence-corrected chi connectivity index (χ0v) is 12.1. The Balaban J connectivity index is 2.26. The number of carbonyl (C=O) groups excluding carboxylic acids is 2. The van der Waals surface area contributed by atoms with Crippen molar-refractivity contribution in [3.63, 3.8) is 0 Å². The van der Waals surface area contributed by atoms with Crippen LogP contribution in [0.25, 0.3) is 0 Å². The average Bonchev–Trinajstić information content (AvgIpc) is 2.53. The number of hydrogen-bond acceptors (Lipinski definition) is 4. The molecule has 0 aromatic heterocycles. The minimum Gasteiger partial charge on any atom is -0.435 e. The van der Waals surface area contributed by atoms with E-state index in [1.165, 1.54) is 0 Å². The molecule has 3 N–H and O–H groups in total. The zero-order valence-electron chi connectivity index (χ0n) is 11.3. The lowest BCUT2D eigenvalue weighted by molar-refractivity contribution is 0.104. The molecule has 22 heavy (non-hydrogen) atoms. The van der Waals surface area contributed by atoms with E-state index in [0.717, 1.165) is 0 Å². The zero-order chi connectivity index (χ0) is 15.9. The van der Waals surface area contributed by atoms with Crippen molar-refractivity contribution in [2.45, 2.75) is 0 Å². The van der Waals surface area contributed by atoms with E-state index < -0.39 is 11.8 Å². The summed E-state index contributed by atoms with van der Waals surface area (Å²) >= 11 is 5.78. The molecule has 0 spiro atoms. The fraction of sp³-hybridized carbons (Fsp3) is 0. The molecule has 2 aromatic rings. The van der Waals surface area contributed by atoms with Gasteiger partial charge in [0.1, 0.15) is 5.75 Å². The molecule has 2 rings (SSSR count). The minimum atomic E-state index is -0.905. The van der Waals surface area contributed by atoms with Crippen LogP contribution in [0, 0.1) is 0 Å². The molecule has 0 radical (unpaired) electrons. The second-order valence-corrected chi connectivity index (χ2v) is 4.58. The predicted molar refractivity (Wildman–Crippen MR) is 83.0 cm³/mol. The van der Waals surface area contributed by atoms with Gasteiger partial charge in [0.2, 0.25) is 5.78 Å². The number of ketones is 1. The quantitative estimate of drug-likeness (QED) is 0.393. The average molecular weight is 318 g/mol. The number of primary amides is 1. The summed E-state index contributed by atoms with van der Waals surface area (Å²) in [6, 6.07) is 13.8. The number of nitrogens with two attached hydrogens (primary N) is 1. The fourth-order valence-corrected chi connectivity index (χ4v) is 1.68. The Morgan fingerprint density at radius 1 is 1.05 bits per heavy atom. The van der Waals surface area contributed by atoms with Gasteiger partial charge in [-0.2, -0.15) is 0 Å². The molecule has 0 saturated carbocycles. The summed E-state index contributed by atoms with van der Waals surface area (Å²) < 4.78 is 5.41. The first kappa shape index (κ1) is 15.5. The summed E-state index contributed by atoms with van der Waals surface area (Å²) in [7, 11) is 0. The number of benzene rings is 2. The Morgan fingerprint density at radius 2 is 1.68 bits per heavy atom. The summed E-state index contributed by atoms with van der Waals surface area (Å²) in [5.74, 6) is -0.463. The normalized spacial score (nSPS) is 10.9. The van der Waals surface area contributed by atoms with E-state index in [-0.39, 0.29) is 5.90 Å². The van der Waals surface area contributed by atoms with Crippen molar-refractivity contribution in [2.24, 2.45) is 10.8 Å². The molecule has 7 heteroatoms. The maximum Gasteiger partial charge on any atom is 0.332 e. The van der Waals surface area contributed by atoms with Gasteiger partial charge in [-0.25, -0.2) is 10.2 Å². The van der Waals surface area contributed by atoms with Gasteiger partial charge in [-0.1, -0.05) is 41.9 Å². The summed E-state index contributed by atoms with van der Waals surface area (Å²) in [5.41, 5.74) is 7.30. The van der Waals surface area contributed by atoms with Crippen LogP contribution in [0.4, 0.5) is 4.79 Å². The number of Topliss-reactive ketones (excluding diaryl/α,β-unsaturated/α-hetero) is 1. The van der Waals surface area contributed by atoms with E-state index in [0.29, 0.717) is 16.3 Å². The molecule has 0 heterocycles. The van der Waals surface area contributed by atoms with Crippen LogP contribution in [0.1, 0.15) is 10.4 Å². The lowest BCUT2D eigenvalue weighted by Crippen LogP contribution is -2.30. The van der Waals surface area contributed by atoms with Gasteiger partial charge in [-0.15, -0.1) is 5.10 Å². The standard InChI is InChI=1S/C15H12ClN3O3/c16-11-6-8-12(9-7-11)22-14(18-19-15(17)21)13(20)10-4-2-1-3-5-10/h1-9H,(H3,17,19,21). The van der Waals surface area contributed by atoms with Crippen LogP contribution in [0.2, 0.25) is 5.02 Å². The first-order chi connectivity index (χ1) is 10.6.